The van der Waals surface area contributed by atoms with Crippen molar-refractivity contribution in [3.05, 3.63) is 92.4 Å². The highest BCUT2D eigenvalue weighted by Gasteiger charge is 2.30. The third-order valence-electron chi connectivity index (χ3n) is 4.12. The first-order valence-corrected chi connectivity index (χ1v) is 9.09. The van der Waals surface area contributed by atoms with Crippen LogP contribution in [0.5, 0.6) is 0 Å². The van der Waals surface area contributed by atoms with Gasteiger partial charge < -0.3 is 0 Å². The second-order valence-corrected chi connectivity index (χ2v) is 6.81. The summed E-state index contributed by atoms with van der Waals surface area (Å²) >= 11 is 5.81. The SMILES string of the molecule is Cc1cc(=O)c(C(=O)NNC(=O)c2cccc(Cl)c2)nn1-c1cccc(C(F)(F)F)c1. The highest BCUT2D eigenvalue weighted by atomic mass is 35.5. The van der Waals surface area contributed by atoms with Crippen LogP contribution in [0.4, 0.5) is 13.2 Å². The second kappa shape index (κ2) is 8.60. The summed E-state index contributed by atoms with van der Waals surface area (Å²) in [6.07, 6.45) is -4.58. The Morgan fingerprint density at radius 2 is 1.68 bits per heavy atom. The number of rotatable bonds is 3. The van der Waals surface area contributed by atoms with E-state index in [1.54, 1.807) is 6.07 Å². The summed E-state index contributed by atoms with van der Waals surface area (Å²) in [5.74, 6) is -1.73. The van der Waals surface area contributed by atoms with Crippen LogP contribution in [0.1, 0.15) is 32.1 Å². The Hall–Kier alpha value is -3.66. The van der Waals surface area contributed by atoms with Crippen LogP contribution in [0, 0.1) is 6.92 Å². The third kappa shape index (κ3) is 5.10. The molecule has 0 aliphatic heterocycles. The summed E-state index contributed by atoms with van der Waals surface area (Å²) in [5, 5.41) is 4.19. The number of aryl methyl sites for hydroxylation is 1. The first kappa shape index (κ1) is 22.0. The van der Waals surface area contributed by atoms with Crippen molar-refractivity contribution in [2.75, 3.05) is 0 Å². The number of aromatic nitrogens is 2. The normalized spacial score (nSPS) is 11.1. The molecule has 2 N–H and O–H groups in total. The van der Waals surface area contributed by atoms with Crippen LogP contribution in [-0.4, -0.2) is 21.6 Å². The van der Waals surface area contributed by atoms with Gasteiger partial charge in [0.25, 0.3) is 11.8 Å². The van der Waals surface area contributed by atoms with Gasteiger partial charge in [-0.15, -0.1) is 0 Å². The van der Waals surface area contributed by atoms with Gasteiger partial charge in [-0.05, 0) is 43.3 Å². The summed E-state index contributed by atoms with van der Waals surface area (Å²) in [6, 6.07) is 11.2. The monoisotopic (exact) mass is 450 g/mol. The topological polar surface area (TPSA) is 93.1 Å². The Bertz CT molecular complexity index is 1220. The number of nitrogens with zero attached hydrogens (tertiary/aromatic N) is 2. The Labute approximate surface area is 178 Å². The molecule has 2 aromatic carbocycles. The molecule has 3 aromatic rings. The molecule has 0 radical (unpaired) electrons. The summed E-state index contributed by atoms with van der Waals surface area (Å²) in [5.41, 5.74) is 2.25. The lowest BCUT2D eigenvalue weighted by Gasteiger charge is -2.14. The third-order valence-corrected chi connectivity index (χ3v) is 4.35. The molecule has 0 aliphatic rings. The molecule has 0 unspecified atom stereocenters. The molecule has 1 heterocycles. The fraction of sp³-hybridized carbons (Fsp3) is 0.100. The Balaban J connectivity index is 1.86. The van der Waals surface area contributed by atoms with E-state index in [0.29, 0.717) is 5.02 Å². The minimum atomic E-state index is -4.58. The molecule has 0 saturated heterocycles. The molecule has 0 bridgehead atoms. The number of amides is 2. The van der Waals surface area contributed by atoms with E-state index in [0.717, 1.165) is 22.9 Å². The molecule has 3 rings (SSSR count). The summed E-state index contributed by atoms with van der Waals surface area (Å²) in [4.78, 5) is 36.7. The van der Waals surface area contributed by atoms with E-state index in [-0.39, 0.29) is 16.9 Å². The van der Waals surface area contributed by atoms with Crippen LogP contribution in [0.3, 0.4) is 0 Å². The van der Waals surface area contributed by atoms with Crippen LogP contribution in [0.15, 0.2) is 59.4 Å². The summed E-state index contributed by atoms with van der Waals surface area (Å²) in [6.45, 7) is 1.46. The highest BCUT2D eigenvalue weighted by molar-refractivity contribution is 6.30. The predicted molar refractivity (Wildman–Crippen MR) is 106 cm³/mol. The average molecular weight is 451 g/mol. The maximum Gasteiger partial charge on any atom is 0.416 e. The molecule has 160 valence electrons. The van der Waals surface area contributed by atoms with Gasteiger partial charge in [0.15, 0.2) is 5.69 Å². The number of carbonyl (C=O) groups is 2. The number of halogens is 4. The van der Waals surface area contributed by atoms with E-state index in [9.17, 15) is 27.6 Å². The molecule has 0 aliphatic carbocycles. The zero-order chi connectivity index (χ0) is 22.8. The van der Waals surface area contributed by atoms with E-state index in [1.807, 2.05) is 0 Å². The van der Waals surface area contributed by atoms with Gasteiger partial charge in [-0.3, -0.25) is 25.2 Å². The molecule has 2 amide bonds. The van der Waals surface area contributed by atoms with Crippen LogP contribution >= 0.6 is 11.6 Å². The van der Waals surface area contributed by atoms with Gasteiger partial charge in [0.2, 0.25) is 5.43 Å². The van der Waals surface area contributed by atoms with Gasteiger partial charge in [0.05, 0.1) is 11.3 Å². The maximum atomic E-state index is 13.0. The molecule has 0 spiro atoms. The zero-order valence-electron chi connectivity index (χ0n) is 15.8. The molecule has 1 aromatic heterocycles. The van der Waals surface area contributed by atoms with Crippen molar-refractivity contribution in [3.8, 4) is 5.69 Å². The largest absolute Gasteiger partial charge is 0.416 e. The first-order valence-electron chi connectivity index (χ1n) is 8.71. The van der Waals surface area contributed by atoms with Crippen LogP contribution in [0.2, 0.25) is 5.02 Å². The summed E-state index contributed by atoms with van der Waals surface area (Å²) in [7, 11) is 0. The van der Waals surface area contributed by atoms with Gasteiger partial charge in [-0.1, -0.05) is 23.7 Å². The number of hydrazine groups is 1. The number of alkyl halides is 3. The molecule has 0 saturated carbocycles. The van der Waals surface area contributed by atoms with E-state index in [4.69, 9.17) is 11.6 Å². The van der Waals surface area contributed by atoms with Gasteiger partial charge in [0, 0.05) is 22.3 Å². The van der Waals surface area contributed by atoms with E-state index >= 15 is 0 Å². The standard InChI is InChI=1S/C20H14ClF3N4O3/c1-11-8-16(29)17(19(31)26-25-18(30)12-4-2-6-14(21)9-12)27-28(11)15-7-3-5-13(10-15)20(22,23)24/h2-10H,1H3,(H,25,30)(H,26,31). The van der Waals surface area contributed by atoms with Crippen molar-refractivity contribution in [1.82, 2.24) is 20.6 Å². The van der Waals surface area contributed by atoms with E-state index < -0.39 is 34.7 Å². The van der Waals surface area contributed by atoms with Gasteiger partial charge >= 0.3 is 6.18 Å². The average Bonchev–Trinajstić information content (AvgIpc) is 2.71. The Morgan fingerprint density at radius 3 is 2.35 bits per heavy atom. The Morgan fingerprint density at radius 1 is 1.00 bits per heavy atom. The first-order chi connectivity index (χ1) is 14.6. The fourth-order valence-electron chi connectivity index (χ4n) is 2.65. The predicted octanol–water partition coefficient (Wildman–Crippen LogP) is 3.29. The number of hydrogen-bond acceptors (Lipinski definition) is 4. The molecule has 11 heteroatoms. The fourth-order valence-corrected chi connectivity index (χ4v) is 2.84. The Kier molecular flexibility index (Phi) is 6.11. The van der Waals surface area contributed by atoms with Crippen molar-refractivity contribution in [2.45, 2.75) is 13.1 Å². The molecule has 0 fully saturated rings. The van der Waals surface area contributed by atoms with Crippen molar-refractivity contribution in [3.63, 3.8) is 0 Å². The van der Waals surface area contributed by atoms with Crippen molar-refractivity contribution >= 4 is 23.4 Å². The molecule has 7 nitrogen and oxygen atoms in total. The minimum absolute atomic E-state index is 0.00402. The van der Waals surface area contributed by atoms with Gasteiger partial charge in [0.1, 0.15) is 0 Å². The lowest BCUT2D eigenvalue weighted by atomic mass is 10.2. The van der Waals surface area contributed by atoms with Crippen molar-refractivity contribution < 1.29 is 22.8 Å². The zero-order valence-corrected chi connectivity index (χ0v) is 16.6. The number of carbonyl (C=O) groups excluding carboxylic acids is 2. The number of benzene rings is 2. The molecular formula is C20H14ClF3N4O3. The highest BCUT2D eigenvalue weighted by Crippen LogP contribution is 2.30. The number of hydrogen-bond donors (Lipinski definition) is 2. The second-order valence-electron chi connectivity index (χ2n) is 6.38. The molecular weight excluding hydrogens is 437 g/mol. The van der Waals surface area contributed by atoms with Crippen molar-refractivity contribution in [1.29, 1.82) is 0 Å². The lowest BCUT2D eigenvalue weighted by molar-refractivity contribution is -0.137. The van der Waals surface area contributed by atoms with Crippen molar-refractivity contribution in [2.24, 2.45) is 0 Å². The van der Waals surface area contributed by atoms with E-state index in [2.05, 4.69) is 16.0 Å². The number of nitrogens with one attached hydrogen (secondary N) is 2. The molecule has 0 atom stereocenters. The van der Waals surface area contributed by atoms with Crippen LogP contribution < -0.4 is 16.3 Å². The van der Waals surface area contributed by atoms with Gasteiger partial charge in [-0.2, -0.15) is 18.3 Å². The van der Waals surface area contributed by atoms with Crippen LogP contribution in [0.25, 0.3) is 5.69 Å². The maximum absolute atomic E-state index is 13.0. The molecule has 31 heavy (non-hydrogen) atoms. The smallest absolute Gasteiger partial charge is 0.287 e. The quantitative estimate of drug-likeness (QED) is 0.599. The lowest BCUT2D eigenvalue weighted by Crippen LogP contribution is -2.44. The summed E-state index contributed by atoms with van der Waals surface area (Å²) < 4.78 is 40.0. The van der Waals surface area contributed by atoms with E-state index in [1.165, 1.54) is 37.3 Å². The van der Waals surface area contributed by atoms with Crippen LogP contribution in [-0.2, 0) is 6.18 Å². The van der Waals surface area contributed by atoms with Gasteiger partial charge in [-0.25, -0.2) is 4.68 Å². The minimum Gasteiger partial charge on any atom is -0.287 e.